The van der Waals surface area contributed by atoms with Crippen LogP contribution in [0.2, 0.25) is 0 Å². The topological polar surface area (TPSA) is 97.5 Å². The first-order chi connectivity index (χ1) is 12.3. The van der Waals surface area contributed by atoms with Crippen LogP contribution in [0.4, 0.5) is 5.82 Å². The normalized spacial score (nSPS) is 15.8. The standard InChI is InChI=1S/C16H20N8O/c25-16-13(23-9-6-19-21-23)11-20-24(16)15-10-14(17-12-18-15)22-7-4-2-1-3-5-8-22/h6,9-12,20H,1-5,7-8H2. The van der Waals surface area contributed by atoms with E-state index in [2.05, 4.69) is 30.3 Å². The number of aromatic amines is 1. The number of hydrogen-bond acceptors (Lipinski definition) is 6. The minimum atomic E-state index is -0.234. The van der Waals surface area contributed by atoms with Crippen molar-refractivity contribution >= 4 is 5.82 Å². The van der Waals surface area contributed by atoms with E-state index in [1.165, 1.54) is 41.2 Å². The zero-order valence-corrected chi connectivity index (χ0v) is 13.9. The summed E-state index contributed by atoms with van der Waals surface area (Å²) in [7, 11) is 0. The van der Waals surface area contributed by atoms with Gasteiger partial charge in [0.05, 0.1) is 18.6 Å². The minimum absolute atomic E-state index is 0.234. The molecule has 4 rings (SSSR count). The molecule has 9 nitrogen and oxygen atoms in total. The third kappa shape index (κ3) is 3.17. The molecule has 25 heavy (non-hydrogen) atoms. The predicted molar refractivity (Wildman–Crippen MR) is 92.2 cm³/mol. The molecule has 0 radical (unpaired) electrons. The maximum absolute atomic E-state index is 12.6. The Bertz CT molecular complexity index is 874. The van der Waals surface area contributed by atoms with E-state index in [1.54, 1.807) is 12.4 Å². The van der Waals surface area contributed by atoms with Gasteiger partial charge < -0.3 is 4.90 Å². The van der Waals surface area contributed by atoms with E-state index in [-0.39, 0.29) is 5.56 Å². The maximum atomic E-state index is 12.6. The molecule has 0 spiro atoms. The van der Waals surface area contributed by atoms with Gasteiger partial charge in [-0.2, -0.15) is 4.68 Å². The van der Waals surface area contributed by atoms with Gasteiger partial charge in [0.2, 0.25) is 0 Å². The highest BCUT2D eigenvalue weighted by Gasteiger charge is 2.15. The second kappa shape index (κ2) is 6.88. The van der Waals surface area contributed by atoms with Crippen molar-refractivity contribution in [1.82, 2.24) is 34.7 Å². The number of aromatic nitrogens is 7. The lowest BCUT2D eigenvalue weighted by atomic mass is 10.1. The van der Waals surface area contributed by atoms with Gasteiger partial charge in [0, 0.05) is 19.2 Å². The van der Waals surface area contributed by atoms with Crippen LogP contribution in [-0.4, -0.2) is 47.8 Å². The molecule has 0 atom stereocenters. The lowest BCUT2D eigenvalue weighted by Crippen LogP contribution is -2.28. The van der Waals surface area contributed by atoms with Crippen molar-refractivity contribution in [3.8, 4) is 11.5 Å². The van der Waals surface area contributed by atoms with Crippen molar-refractivity contribution in [3.63, 3.8) is 0 Å². The Morgan fingerprint density at radius 1 is 1.00 bits per heavy atom. The zero-order valence-electron chi connectivity index (χ0n) is 13.9. The van der Waals surface area contributed by atoms with Crippen LogP contribution < -0.4 is 10.5 Å². The van der Waals surface area contributed by atoms with Crippen LogP contribution in [0.1, 0.15) is 32.1 Å². The second-order valence-corrected chi connectivity index (χ2v) is 6.14. The number of anilines is 1. The summed E-state index contributed by atoms with van der Waals surface area (Å²) in [6.07, 6.45) is 12.4. The molecule has 0 aromatic carbocycles. The molecule has 0 unspecified atom stereocenters. The van der Waals surface area contributed by atoms with Crippen LogP contribution in [0.3, 0.4) is 0 Å². The lowest BCUT2D eigenvalue weighted by Gasteiger charge is -2.25. The van der Waals surface area contributed by atoms with E-state index < -0.39 is 0 Å². The number of nitrogens with zero attached hydrogens (tertiary/aromatic N) is 7. The fraction of sp³-hybridized carbons (Fsp3) is 0.438. The molecular formula is C16H20N8O. The third-order valence-corrected chi connectivity index (χ3v) is 4.47. The fourth-order valence-corrected chi connectivity index (χ4v) is 3.14. The highest BCUT2D eigenvalue weighted by molar-refractivity contribution is 5.43. The quantitative estimate of drug-likeness (QED) is 0.772. The van der Waals surface area contributed by atoms with Crippen LogP contribution in [0.5, 0.6) is 0 Å². The van der Waals surface area contributed by atoms with Crippen LogP contribution >= 0.6 is 0 Å². The van der Waals surface area contributed by atoms with Crippen molar-refractivity contribution in [2.24, 2.45) is 0 Å². The Morgan fingerprint density at radius 2 is 1.76 bits per heavy atom. The van der Waals surface area contributed by atoms with E-state index in [0.717, 1.165) is 31.7 Å². The number of H-pyrrole nitrogens is 1. The Morgan fingerprint density at radius 3 is 2.52 bits per heavy atom. The monoisotopic (exact) mass is 340 g/mol. The minimum Gasteiger partial charge on any atom is -0.356 e. The summed E-state index contributed by atoms with van der Waals surface area (Å²) >= 11 is 0. The largest absolute Gasteiger partial charge is 0.356 e. The highest BCUT2D eigenvalue weighted by atomic mass is 16.1. The smallest absolute Gasteiger partial charge is 0.298 e. The van der Waals surface area contributed by atoms with Crippen LogP contribution in [-0.2, 0) is 0 Å². The van der Waals surface area contributed by atoms with E-state index >= 15 is 0 Å². The van der Waals surface area contributed by atoms with E-state index in [1.807, 2.05) is 6.07 Å². The van der Waals surface area contributed by atoms with Gasteiger partial charge in [-0.3, -0.25) is 9.89 Å². The van der Waals surface area contributed by atoms with E-state index in [9.17, 15) is 4.79 Å². The van der Waals surface area contributed by atoms with Crippen molar-refractivity contribution in [1.29, 1.82) is 0 Å². The summed E-state index contributed by atoms with van der Waals surface area (Å²) in [5.74, 6) is 1.37. The van der Waals surface area contributed by atoms with Crippen molar-refractivity contribution in [2.45, 2.75) is 32.1 Å². The summed E-state index contributed by atoms with van der Waals surface area (Å²) in [5, 5.41) is 10.5. The molecule has 1 saturated heterocycles. The fourth-order valence-electron chi connectivity index (χ4n) is 3.14. The van der Waals surface area contributed by atoms with E-state index in [0.29, 0.717) is 11.5 Å². The lowest BCUT2D eigenvalue weighted by molar-refractivity contribution is 0.553. The maximum Gasteiger partial charge on any atom is 0.298 e. The predicted octanol–water partition coefficient (Wildman–Crippen LogP) is 1.31. The van der Waals surface area contributed by atoms with Gasteiger partial charge in [-0.05, 0) is 12.8 Å². The van der Waals surface area contributed by atoms with E-state index in [4.69, 9.17) is 0 Å². The SMILES string of the molecule is O=c1c(-n2ccnn2)c[nH]n1-c1cc(N2CCCCCCC2)ncn1. The molecule has 9 heteroatoms. The third-order valence-electron chi connectivity index (χ3n) is 4.47. The number of nitrogens with one attached hydrogen (secondary N) is 1. The average Bonchev–Trinajstić information content (AvgIpc) is 3.24. The van der Waals surface area contributed by atoms with Gasteiger partial charge in [0.1, 0.15) is 12.1 Å². The van der Waals surface area contributed by atoms with Crippen LogP contribution in [0.25, 0.3) is 11.5 Å². The van der Waals surface area contributed by atoms with Gasteiger partial charge in [-0.1, -0.05) is 24.5 Å². The molecule has 0 bridgehead atoms. The summed E-state index contributed by atoms with van der Waals surface area (Å²) in [6, 6.07) is 1.85. The molecule has 0 saturated carbocycles. The summed E-state index contributed by atoms with van der Waals surface area (Å²) in [4.78, 5) is 23.6. The number of rotatable bonds is 3. The Hall–Kier alpha value is -2.97. The molecule has 1 fully saturated rings. The van der Waals surface area contributed by atoms with Gasteiger partial charge in [0.25, 0.3) is 5.56 Å². The second-order valence-electron chi connectivity index (χ2n) is 6.14. The number of hydrogen-bond donors (Lipinski definition) is 1. The summed E-state index contributed by atoms with van der Waals surface area (Å²) in [6.45, 7) is 1.97. The van der Waals surface area contributed by atoms with Gasteiger partial charge >= 0.3 is 0 Å². The van der Waals surface area contributed by atoms with Crippen molar-refractivity contribution in [3.05, 3.63) is 41.3 Å². The summed E-state index contributed by atoms with van der Waals surface area (Å²) in [5.41, 5.74) is 0.159. The Kier molecular flexibility index (Phi) is 4.28. The van der Waals surface area contributed by atoms with Gasteiger partial charge in [-0.15, -0.1) is 5.10 Å². The first-order valence-corrected chi connectivity index (χ1v) is 8.57. The molecule has 130 valence electrons. The molecule has 1 aliphatic rings. The first-order valence-electron chi connectivity index (χ1n) is 8.57. The molecule has 1 N–H and O–H groups in total. The molecular weight excluding hydrogens is 320 g/mol. The molecule has 3 aromatic rings. The molecule has 1 aliphatic heterocycles. The van der Waals surface area contributed by atoms with Crippen LogP contribution in [0, 0.1) is 0 Å². The first kappa shape index (κ1) is 15.6. The molecule has 0 amide bonds. The summed E-state index contributed by atoms with van der Waals surface area (Å²) < 4.78 is 2.82. The Labute approximate surface area is 144 Å². The average molecular weight is 340 g/mol. The molecule has 3 aromatic heterocycles. The zero-order chi connectivity index (χ0) is 17.1. The van der Waals surface area contributed by atoms with Gasteiger partial charge in [0.15, 0.2) is 11.5 Å². The molecule has 0 aliphatic carbocycles. The van der Waals surface area contributed by atoms with Crippen molar-refractivity contribution in [2.75, 3.05) is 18.0 Å². The van der Waals surface area contributed by atoms with Crippen molar-refractivity contribution < 1.29 is 0 Å². The highest BCUT2D eigenvalue weighted by Crippen LogP contribution is 2.18. The van der Waals surface area contributed by atoms with Crippen LogP contribution in [0.15, 0.2) is 35.8 Å². The van der Waals surface area contributed by atoms with Gasteiger partial charge in [-0.25, -0.2) is 14.6 Å². The Balaban J connectivity index is 1.64. The molecule has 4 heterocycles.